The van der Waals surface area contributed by atoms with E-state index in [1.165, 1.54) is 38.5 Å². The molecule has 0 N–H and O–H groups in total. The molecule has 0 amide bonds. The van der Waals surface area contributed by atoms with Crippen molar-refractivity contribution in [2.45, 2.75) is 65.7 Å². The molecule has 1 spiro atoms. The fraction of sp³-hybridized carbons (Fsp3) is 0.867. The molecule has 2 saturated carbocycles. The molecular formula is C15H24. The van der Waals surface area contributed by atoms with Gasteiger partial charge in [0.25, 0.3) is 0 Å². The van der Waals surface area contributed by atoms with E-state index in [9.17, 15) is 0 Å². The first-order chi connectivity index (χ1) is 7.14. The molecule has 0 aromatic rings. The average Bonchev–Trinajstić information content (AvgIpc) is 2.79. The van der Waals surface area contributed by atoms with Gasteiger partial charge in [0.05, 0.1) is 0 Å². The molecule has 0 aliphatic heterocycles. The summed E-state index contributed by atoms with van der Waals surface area (Å²) in [6, 6.07) is 0. The predicted octanol–water partition coefficient (Wildman–Crippen LogP) is 4.70. The van der Waals surface area contributed by atoms with Gasteiger partial charge in [-0.2, -0.15) is 0 Å². The fourth-order valence-corrected chi connectivity index (χ4v) is 4.98. The normalized spacial score (nSPS) is 47.0. The third-order valence-electron chi connectivity index (χ3n) is 5.72. The Morgan fingerprint density at radius 3 is 2.87 bits per heavy atom. The minimum Gasteiger partial charge on any atom is -0.0730 e. The van der Waals surface area contributed by atoms with Crippen LogP contribution in [0.15, 0.2) is 11.1 Å². The molecule has 3 rings (SSSR count). The molecule has 2 fully saturated rings. The lowest BCUT2D eigenvalue weighted by molar-refractivity contribution is 0.234. The number of hydrogen-bond donors (Lipinski definition) is 0. The number of allylic oxidation sites excluding steroid dienone is 2. The van der Waals surface area contributed by atoms with Crippen molar-refractivity contribution in [1.29, 1.82) is 0 Å². The Morgan fingerprint density at radius 2 is 2.20 bits per heavy atom. The van der Waals surface area contributed by atoms with Crippen LogP contribution in [0, 0.1) is 16.7 Å². The summed E-state index contributed by atoms with van der Waals surface area (Å²) in [6.07, 6.45) is 10.2. The Kier molecular flexibility index (Phi) is 1.92. The maximum absolute atomic E-state index is 2.57. The van der Waals surface area contributed by atoms with Crippen molar-refractivity contribution < 1.29 is 0 Å². The molecule has 0 bridgehead atoms. The predicted molar refractivity (Wildman–Crippen MR) is 64.7 cm³/mol. The van der Waals surface area contributed by atoms with E-state index in [0.29, 0.717) is 5.41 Å². The van der Waals surface area contributed by atoms with Crippen molar-refractivity contribution >= 4 is 0 Å². The Labute approximate surface area is 94.1 Å². The number of hydrogen-bond acceptors (Lipinski definition) is 0. The lowest BCUT2D eigenvalue weighted by atomic mass is 9.74. The van der Waals surface area contributed by atoms with Crippen LogP contribution in [0.25, 0.3) is 0 Å². The summed E-state index contributed by atoms with van der Waals surface area (Å²) in [5.41, 5.74) is 5.10. The van der Waals surface area contributed by atoms with Gasteiger partial charge in [0, 0.05) is 5.41 Å². The monoisotopic (exact) mass is 204 g/mol. The molecule has 0 radical (unpaired) electrons. The molecule has 0 aromatic carbocycles. The average molecular weight is 204 g/mol. The summed E-state index contributed by atoms with van der Waals surface area (Å²) < 4.78 is 0. The van der Waals surface area contributed by atoms with Crippen LogP contribution in [-0.2, 0) is 0 Å². The highest BCUT2D eigenvalue weighted by atomic mass is 14.8. The molecule has 84 valence electrons. The minimum absolute atomic E-state index is 0.685. The quantitative estimate of drug-likeness (QED) is 0.584. The summed E-state index contributed by atoms with van der Waals surface area (Å²) in [4.78, 5) is 0. The number of unbranched alkanes of at least 4 members (excludes halogenated alkanes) is 1. The highest BCUT2D eigenvalue weighted by molar-refractivity contribution is 5.42. The molecular weight excluding hydrogens is 180 g/mol. The van der Waals surface area contributed by atoms with Gasteiger partial charge in [-0.05, 0) is 56.8 Å². The van der Waals surface area contributed by atoms with Crippen molar-refractivity contribution in [1.82, 2.24) is 0 Å². The molecule has 0 heteroatoms. The zero-order chi connectivity index (χ0) is 10.7. The first-order valence-corrected chi connectivity index (χ1v) is 6.83. The second kappa shape index (κ2) is 2.90. The second-order valence-corrected chi connectivity index (χ2v) is 6.51. The third-order valence-corrected chi connectivity index (χ3v) is 5.72. The van der Waals surface area contributed by atoms with Crippen molar-refractivity contribution in [3.05, 3.63) is 11.1 Å². The lowest BCUT2D eigenvalue weighted by Gasteiger charge is -2.30. The van der Waals surface area contributed by atoms with Crippen LogP contribution in [-0.4, -0.2) is 0 Å². The highest BCUT2D eigenvalue weighted by Gasteiger charge is 2.71. The Hall–Kier alpha value is -0.260. The zero-order valence-corrected chi connectivity index (χ0v) is 10.5. The van der Waals surface area contributed by atoms with E-state index >= 15 is 0 Å². The van der Waals surface area contributed by atoms with E-state index < -0.39 is 0 Å². The van der Waals surface area contributed by atoms with Gasteiger partial charge in [-0.15, -0.1) is 0 Å². The summed E-state index contributed by atoms with van der Waals surface area (Å²) in [5, 5.41) is 0. The smallest absolute Gasteiger partial charge is 0.000277 e. The van der Waals surface area contributed by atoms with E-state index in [1.807, 2.05) is 5.57 Å². The lowest BCUT2D eigenvalue weighted by Crippen LogP contribution is -2.22. The summed E-state index contributed by atoms with van der Waals surface area (Å²) >= 11 is 0. The van der Waals surface area contributed by atoms with Gasteiger partial charge >= 0.3 is 0 Å². The summed E-state index contributed by atoms with van der Waals surface area (Å²) in [5.74, 6) is 1.09. The molecule has 0 nitrogen and oxygen atoms in total. The Morgan fingerprint density at radius 1 is 1.40 bits per heavy atom. The zero-order valence-electron chi connectivity index (χ0n) is 10.5. The SMILES string of the molecule is CCCCC1=C(C)C[C@@]2(C)CC[C@@H]3C[C@@]132. The van der Waals surface area contributed by atoms with Gasteiger partial charge in [0.15, 0.2) is 0 Å². The van der Waals surface area contributed by atoms with Gasteiger partial charge in [-0.1, -0.05) is 31.4 Å². The van der Waals surface area contributed by atoms with E-state index in [2.05, 4.69) is 20.8 Å². The van der Waals surface area contributed by atoms with Crippen LogP contribution in [0.3, 0.4) is 0 Å². The van der Waals surface area contributed by atoms with Crippen LogP contribution < -0.4 is 0 Å². The molecule has 0 unspecified atom stereocenters. The van der Waals surface area contributed by atoms with E-state index in [0.717, 1.165) is 11.3 Å². The first-order valence-electron chi connectivity index (χ1n) is 6.83. The second-order valence-electron chi connectivity index (χ2n) is 6.51. The molecule has 0 heterocycles. The van der Waals surface area contributed by atoms with Gasteiger partial charge in [0.2, 0.25) is 0 Å². The molecule has 3 atom stereocenters. The van der Waals surface area contributed by atoms with Crippen molar-refractivity contribution in [2.24, 2.45) is 16.7 Å². The Balaban J connectivity index is 1.90. The molecule has 3 aliphatic carbocycles. The maximum atomic E-state index is 2.57. The maximum Gasteiger partial charge on any atom is 0.000277 e. The highest BCUT2D eigenvalue weighted by Crippen LogP contribution is 2.80. The fourth-order valence-electron chi connectivity index (χ4n) is 4.98. The van der Waals surface area contributed by atoms with Gasteiger partial charge < -0.3 is 0 Å². The first kappa shape index (κ1) is 9.93. The van der Waals surface area contributed by atoms with E-state index in [4.69, 9.17) is 0 Å². The largest absolute Gasteiger partial charge is 0.0730 e. The van der Waals surface area contributed by atoms with Crippen molar-refractivity contribution in [2.75, 3.05) is 0 Å². The van der Waals surface area contributed by atoms with Crippen LogP contribution >= 0.6 is 0 Å². The van der Waals surface area contributed by atoms with Crippen LogP contribution in [0.5, 0.6) is 0 Å². The minimum atomic E-state index is 0.685. The topological polar surface area (TPSA) is 0 Å². The van der Waals surface area contributed by atoms with Crippen molar-refractivity contribution in [3.63, 3.8) is 0 Å². The third kappa shape index (κ3) is 1.04. The van der Waals surface area contributed by atoms with Crippen molar-refractivity contribution in [3.8, 4) is 0 Å². The molecule has 3 aliphatic rings. The van der Waals surface area contributed by atoms with Gasteiger partial charge in [-0.25, -0.2) is 0 Å². The van der Waals surface area contributed by atoms with E-state index in [1.54, 1.807) is 12.0 Å². The molecule has 0 saturated heterocycles. The summed E-state index contributed by atoms with van der Waals surface area (Å²) in [7, 11) is 0. The Bertz CT molecular complexity index is 325. The molecule has 0 aromatic heterocycles. The van der Waals surface area contributed by atoms with Gasteiger partial charge in [0.1, 0.15) is 0 Å². The van der Waals surface area contributed by atoms with Crippen LogP contribution in [0.2, 0.25) is 0 Å². The molecule has 15 heavy (non-hydrogen) atoms. The standard InChI is InChI=1S/C15H24/c1-4-5-6-13-11(2)9-14(3)8-7-12-10-15(12,13)14/h12H,4-10H2,1-3H3/t12-,14-,15+/m1/s1. The number of rotatable bonds is 3. The van der Waals surface area contributed by atoms with Crippen LogP contribution in [0.1, 0.15) is 65.7 Å². The van der Waals surface area contributed by atoms with Crippen LogP contribution in [0.4, 0.5) is 0 Å². The van der Waals surface area contributed by atoms with E-state index in [-0.39, 0.29) is 0 Å². The van der Waals surface area contributed by atoms with Gasteiger partial charge in [-0.3, -0.25) is 0 Å². The summed E-state index contributed by atoms with van der Waals surface area (Å²) in [6.45, 7) is 7.31.